The Morgan fingerprint density at radius 2 is 1.77 bits per heavy atom. The van der Waals surface area contributed by atoms with Crippen LogP contribution < -0.4 is 26.4 Å². The lowest BCUT2D eigenvalue weighted by Gasteiger charge is -2.25. The Hall–Kier alpha value is -4.68. The smallest absolute Gasteiger partial charge is 0.326 e. The van der Waals surface area contributed by atoms with Crippen LogP contribution in [0.15, 0.2) is 41.3 Å². The van der Waals surface area contributed by atoms with Gasteiger partial charge in [-0.3, -0.25) is 23.7 Å². The number of hydrogen-bond donors (Lipinski definition) is 4. The van der Waals surface area contributed by atoms with Crippen molar-refractivity contribution in [2.24, 2.45) is 5.92 Å². The van der Waals surface area contributed by atoms with Gasteiger partial charge in [0.05, 0.1) is 18.1 Å². The maximum Gasteiger partial charge on any atom is 0.326 e. The van der Waals surface area contributed by atoms with Crippen LogP contribution in [-0.4, -0.2) is 82.4 Å². The predicted octanol–water partition coefficient (Wildman–Crippen LogP) is 1.83. The first kappa shape index (κ1) is 32.2. The average Bonchev–Trinajstić information content (AvgIpc) is 3.35. The highest BCUT2D eigenvalue weighted by Gasteiger charge is 2.26. The summed E-state index contributed by atoms with van der Waals surface area (Å²) >= 11 is 0. The number of fused-ring (bicyclic) bond motifs is 1. The zero-order valence-electron chi connectivity index (χ0n) is 25.5. The van der Waals surface area contributed by atoms with E-state index < -0.39 is 6.04 Å². The van der Waals surface area contributed by atoms with Gasteiger partial charge in [-0.25, -0.2) is 9.78 Å². The van der Waals surface area contributed by atoms with Crippen LogP contribution in [0.2, 0.25) is 0 Å². The van der Waals surface area contributed by atoms with Gasteiger partial charge in [-0.2, -0.15) is 0 Å². The van der Waals surface area contributed by atoms with Gasteiger partial charge in [0.1, 0.15) is 6.04 Å². The summed E-state index contributed by atoms with van der Waals surface area (Å²) in [6.07, 6.45) is 3.64. The monoisotopic (exact) mass is 607 g/mol. The van der Waals surface area contributed by atoms with Crippen molar-refractivity contribution in [1.29, 1.82) is 0 Å². The number of ether oxygens (including phenoxy) is 1. The fraction of sp³-hybridized carbons (Fsp3) is 0.484. The average molecular weight is 608 g/mol. The molecular formula is C31H41N7O6. The van der Waals surface area contributed by atoms with E-state index in [1.54, 1.807) is 39.8 Å². The third-order valence-electron chi connectivity index (χ3n) is 7.91. The number of carbonyl (C=O) groups excluding carboxylic acids is 4. The molecule has 0 radical (unpaired) electrons. The van der Waals surface area contributed by atoms with E-state index in [4.69, 9.17) is 4.74 Å². The topological polar surface area (TPSA) is 168 Å². The van der Waals surface area contributed by atoms with E-state index in [1.807, 2.05) is 13.8 Å². The number of rotatable bonds is 4. The van der Waals surface area contributed by atoms with Crippen LogP contribution in [0.25, 0.3) is 11.0 Å². The highest BCUT2D eigenvalue weighted by atomic mass is 16.5. The Kier molecular flexibility index (Phi) is 11.1. The Balaban J connectivity index is 1.56. The number of benzene rings is 1. The maximum absolute atomic E-state index is 13.4. The molecule has 0 saturated heterocycles. The minimum Gasteiger partial charge on any atom is -0.481 e. The number of nitrogens with zero attached hydrogens (tertiary/aromatic N) is 3. The molecular weight excluding hydrogens is 566 g/mol. The maximum atomic E-state index is 13.4. The molecule has 1 aliphatic rings. The van der Waals surface area contributed by atoms with E-state index >= 15 is 0 Å². The SMILES string of the molecule is CC[C@H](C)[C@@H]1NC(=O)CCCN(C(=O)c2ccnc(OC)c2)CCCNC(=O)c2ccc3[nH]c(=O)n(c3c2)CCCNC1=O. The minimum absolute atomic E-state index is 0.0972. The Labute approximate surface area is 255 Å². The summed E-state index contributed by atoms with van der Waals surface area (Å²) in [6.45, 7) is 5.44. The summed E-state index contributed by atoms with van der Waals surface area (Å²) in [5.74, 6) is -0.890. The molecule has 2 bridgehead atoms. The molecule has 13 heteroatoms. The van der Waals surface area contributed by atoms with E-state index in [0.29, 0.717) is 86.4 Å². The molecule has 0 spiro atoms. The van der Waals surface area contributed by atoms with E-state index in [1.165, 1.54) is 13.3 Å². The number of amides is 4. The van der Waals surface area contributed by atoms with E-state index in [2.05, 4.69) is 25.9 Å². The van der Waals surface area contributed by atoms with Gasteiger partial charge in [-0.15, -0.1) is 0 Å². The normalized spacial score (nSPS) is 18.6. The molecule has 13 nitrogen and oxygen atoms in total. The lowest BCUT2D eigenvalue weighted by atomic mass is 9.98. The van der Waals surface area contributed by atoms with Gasteiger partial charge in [-0.1, -0.05) is 20.3 Å². The second-order valence-electron chi connectivity index (χ2n) is 11.0. The molecule has 3 heterocycles. The van der Waals surface area contributed by atoms with Gasteiger partial charge >= 0.3 is 5.69 Å². The van der Waals surface area contributed by atoms with Crippen molar-refractivity contribution in [3.63, 3.8) is 0 Å². The zero-order valence-corrected chi connectivity index (χ0v) is 25.5. The van der Waals surface area contributed by atoms with Crippen LogP contribution in [0, 0.1) is 5.92 Å². The molecule has 236 valence electrons. The van der Waals surface area contributed by atoms with E-state index in [-0.39, 0.29) is 41.7 Å². The number of carbonyl (C=O) groups is 4. The molecule has 2 aromatic heterocycles. The number of aryl methyl sites for hydroxylation is 1. The van der Waals surface area contributed by atoms with Crippen LogP contribution in [0.1, 0.15) is 66.7 Å². The second kappa shape index (κ2) is 15.2. The first-order chi connectivity index (χ1) is 21.2. The highest BCUT2D eigenvalue weighted by molar-refractivity contribution is 5.97. The van der Waals surface area contributed by atoms with Gasteiger partial charge in [0.15, 0.2) is 0 Å². The molecule has 3 aromatic rings. The lowest BCUT2D eigenvalue weighted by Crippen LogP contribution is -2.50. The fourth-order valence-electron chi connectivity index (χ4n) is 5.18. The number of methoxy groups -OCH3 is 1. The van der Waals surface area contributed by atoms with Crippen LogP contribution >= 0.6 is 0 Å². The first-order valence-electron chi connectivity index (χ1n) is 15.1. The third kappa shape index (κ3) is 8.03. The minimum atomic E-state index is -0.709. The quantitative estimate of drug-likeness (QED) is 0.351. The van der Waals surface area contributed by atoms with Gasteiger partial charge in [0.2, 0.25) is 17.7 Å². The number of aromatic nitrogens is 3. The Morgan fingerprint density at radius 3 is 2.55 bits per heavy atom. The zero-order chi connectivity index (χ0) is 31.6. The molecule has 0 saturated carbocycles. The largest absolute Gasteiger partial charge is 0.481 e. The number of hydrogen-bond acceptors (Lipinski definition) is 7. The Morgan fingerprint density at radius 1 is 1.02 bits per heavy atom. The summed E-state index contributed by atoms with van der Waals surface area (Å²) in [4.78, 5) is 73.6. The summed E-state index contributed by atoms with van der Waals surface area (Å²) in [6, 6.07) is 7.47. The van der Waals surface area contributed by atoms with Gasteiger partial charge in [-0.05, 0) is 49.4 Å². The molecule has 2 atom stereocenters. The number of aromatic amines is 1. The summed E-state index contributed by atoms with van der Waals surface area (Å²) in [5, 5.41) is 8.67. The molecule has 0 fully saturated rings. The van der Waals surface area contributed by atoms with Crippen LogP contribution in [-0.2, 0) is 16.1 Å². The third-order valence-corrected chi connectivity index (χ3v) is 7.91. The highest BCUT2D eigenvalue weighted by Crippen LogP contribution is 2.15. The number of H-pyrrole nitrogens is 1. The van der Waals surface area contributed by atoms with Gasteiger partial charge in [0.25, 0.3) is 11.8 Å². The molecule has 1 aliphatic heterocycles. The summed E-state index contributed by atoms with van der Waals surface area (Å²) in [7, 11) is 1.47. The standard InChI is InChI=1S/C31H41N7O6/c1-4-20(2)27-29(41)34-13-7-17-38-24-18-21(9-10-23(24)35-31(38)43)28(40)33-12-6-16-37(15-5-8-25(39)36-27)30(42)22-11-14-32-26(19-22)44-3/h9-11,14,18-20,27H,4-8,12-13,15-17H2,1-3H3,(H,33,40)(H,34,41)(H,35,43)(H,36,39)/t20-,27-/m0/s1. The Bertz CT molecular complexity index is 1550. The van der Waals surface area contributed by atoms with E-state index in [9.17, 15) is 24.0 Å². The van der Waals surface area contributed by atoms with Crippen molar-refractivity contribution in [3.8, 4) is 5.88 Å². The van der Waals surface area contributed by atoms with Crippen LogP contribution in [0.5, 0.6) is 5.88 Å². The number of nitrogens with one attached hydrogen (secondary N) is 4. The molecule has 4 N–H and O–H groups in total. The summed E-state index contributed by atoms with van der Waals surface area (Å²) < 4.78 is 6.72. The molecule has 0 aliphatic carbocycles. The van der Waals surface area contributed by atoms with Crippen LogP contribution in [0.3, 0.4) is 0 Å². The molecule has 4 rings (SSSR count). The molecule has 44 heavy (non-hydrogen) atoms. The van der Waals surface area contributed by atoms with Crippen molar-refractivity contribution in [2.75, 3.05) is 33.3 Å². The summed E-state index contributed by atoms with van der Waals surface area (Å²) in [5.41, 5.74) is 1.70. The number of pyridine rings is 1. The van der Waals surface area contributed by atoms with Crippen molar-refractivity contribution in [1.82, 2.24) is 35.4 Å². The first-order valence-corrected chi connectivity index (χ1v) is 15.1. The molecule has 4 amide bonds. The van der Waals surface area contributed by atoms with Crippen LogP contribution in [0.4, 0.5) is 0 Å². The second-order valence-corrected chi connectivity index (χ2v) is 11.0. The molecule has 1 aromatic carbocycles. The van der Waals surface area contributed by atoms with Gasteiger partial charge in [0, 0.05) is 62.5 Å². The number of imidazole rings is 1. The van der Waals surface area contributed by atoms with Crippen molar-refractivity contribution >= 4 is 34.7 Å². The van der Waals surface area contributed by atoms with E-state index in [0.717, 1.165) is 0 Å². The van der Waals surface area contributed by atoms with Gasteiger partial charge < -0.3 is 30.6 Å². The fourth-order valence-corrected chi connectivity index (χ4v) is 5.18. The lowest BCUT2D eigenvalue weighted by molar-refractivity contribution is -0.130. The molecule has 0 unspecified atom stereocenters. The van der Waals surface area contributed by atoms with Crippen molar-refractivity contribution in [3.05, 3.63) is 58.1 Å². The predicted molar refractivity (Wildman–Crippen MR) is 164 cm³/mol. The van der Waals surface area contributed by atoms with Crippen molar-refractivity contribution < 1.29 is 23.9 Å². The van der Waals surface area contributed by atoms with Crippen molar-refractivity contribution in [2.45, 2.75) is 58.5 Å².